The molecule has 1 fully saturated rings. The summed E-state index contributed by atoms with van der Waals surface area (Å²) < 4.78 is 5.48. The molecule has 1 aliphatic rings. The van der Waals surface area contributed by atoms with Crippen LogP contribution in [-0.4, -0.2) is 48.6 Å². The molecule has 1 heterocycles. The molecule has 1 N–H and O–H groups in total. The molecule has 0 bridgehead atoms. The maximum Gasteiger partial charge on any atom is 0.251 e. The average molecular weight is 311 g/mol. The van der Waals surface area contributed by atoms with Crippen molar-refractivity contribution < 1.29 is 14.3 Å². The average Bonchev–Trinajstić information content (AvgIpc) is 2.47. The van der Waals surface area contributed by atoms with Gasteiger partial charge in [-0.25, -0.2) is 0 Å². The molecule has 2 unspecified atom stereocenters. The van der Waals surface area contributed by atoms with Gasteiger partial charge in [0, 0.05) is 17.1 Å². The quantitative estimate of drug-likeness (QED) is 0.924. The Labute approximate surface area is 129 Å². The van der Waals surface area contributed by atoms with Crippen LogP contribution in [0.5, 0.6) is 0 Å². The van der Waals surface area contributed by atoms with Gasteiger partial charge in [0.1, 0.15) is 0 Å². The number of ether oxygens (including phenoxy) is 1. The maximum atomic E-state index is 12.2. The third kappa shape index (κ3) is 4.19. The highest BCUT2D eigenvalue weighted by Gasteiger charge is 2.27. The Kier molecular flexibility index (Phi) is 5.20. The number of hydrogen-bond donors (Lipinski definition) is 1. The van der Waals surface area contributed by atoms with Crippen LogP contribution in [0.15, 0.2) is 24.3 Å². The Hall–Kier alpha value is -1.59. The number of nitrogens with zero attached hydrogens (tertiary/aromatic N) is 1. The fourth-order valence-corrected chi connectivity index (χ4v) is 2.43. The van der Waals surface area contributed by atoms with Crippen LogP contribution >= 0.6 is 11.6 Å². The zero-order valence-electron chi connectivity index (χ0n) is 12.1. The van der Waals surface area contributed by atoms with E-state index in [0.29, 0.717) is 23.7 Å². The van der Waals surface area contributed by atoms with E-state index >= 15 is 0 Å². The van der Waals surface area contributed by atoms with Crippen LogP contribution in [0.2, 0.25) is 5.02 Å². The van der Waals surface area contributed by atoms with Crippen molar-refractivity contribution in [3.8, 4) is 0 Å². The van der Waals surface area contributed by atoms with E-state index in [4.69, 9.17) is 16.3 Å². The molecular formula is C15H19ClN2O3. The minimum atomic E-state index is -0.306. The molecule has 6 heteroatoms. The van der Waals surface area contributed by atoms with Crippen molar-refractivity contribution in [1.29, 1.82) is 0 Å². The van der Waals surface area contributed by atoms with Gasteiger partial charge in [0.2, 0.25) is 5.91 Å². The normalized spacial score (nSPS) is 22.0. The third-order valence-electron chi connectivity index (χ3n) is 3.42. The Balaban J connectivity index is 1.90. The first-order valence-electron chi connectivity index (χ1n) is 6.92. The number of rotatable bonds is 3. The molecule has 5 nitrogen and oxygen atoms in total. The summed E-state index contributed by atoms with van der Waals surface area (Å²) >= 11 is 5.84. The lowest BCUT2D eigenvalue weighted by molar-refractivity contribution is -0.142. The van der Waals surface area contributed by atoms with Gasteiger partial charge in [-0.2, -0.15) is 0 Å². The Morgan fingerprint density at radius 3 is 2.90 bits per heavy atom. The minimum Gasteiger partial charge on any atom is -0.375 e. The molecule has 1 aliphatic heterocycles. The monoisotopic (exact) mass is 310 g/mol. The van der Waals surface area contributed by atoms with Gasteiger partial charge >= 0.3 is 0 Å². The molecule has 114 valence electrons. The Morgan fingerprint density at radius 2 is 2.19 bits per heavy atom. The minimum absolute atomic E-state index is 0.0220. The first-order chi connectivity index (χ1) is 9.97. The maximum absolute atomic E-state index is 12.2. The summed E-state index contributed by atoms with van der Waals surface area (Å²) in [6.45, 7) is 4.91. The molecule has 2 rings (SSSR count). The summed E-state index contributed by atoms with van der Waals surface area (Å²) in [5.41, 5.74) is 0.443. The van der Waals surface area contributed by atoms with E-state index in [1.54, 1.807) is 29.2 Å². The van der Waals surface area contributed by atoms with Gasteiger partial charge in [-0.1, -0.05) is 17.7 Å². The van der Waals surface area contributed by atoms with E-state index in [0.717, 1.165) is 0 Å². The van der Waals surface area contributed by atoms with Gasteiger partial charge in [-0.15, -0.1) is 0 Å². The number of benzene rings is 1. The highest BCUT2D eigenvalue weighted by Crippen LogP contribution is 2.12. The van der Waals surface area contributed by atoms with Crippen LogP contribution in [0, 0.1) is 0 Å². The third-order valence-corrected chi connectivity index (χ3v) is 3.65. The van der Waals surface area contributed by atoms with Crippen LogP contribution < -0.4 is 5.32 Å². The van der Waals surface area contributed by atoms with Gasteiger partial charge in [0.25, 0.3) is 5.91 Å². The fourth-order valence-electron chi connectivity index (χ4n) is 2.24. The van der Waals surface area contributed by atoms with Crippen molar-refractivity contribution >= 4 is 23.4 Å². The highest BCUT2D eigenvalue weighted by atomic mass is 35.5. The summed E-state index contributed by atoms with van der Waals surface area (Å²) in [5.74, 6) is -0.409. The van der Waals surface area contributed by atoms with E-state index in [1.165, 1.54) is 0 Å². The first kappa shape index (κ1) is 15.8. The lowest BCUT2D eigenvalue weighted by atomic mass is 10.2. The standard InChI is InChI=1S/C15H19ClN2O3/c1-10-9-21-11(2)8-18(10)14(19)7-17-15(20)12-4-3-5-13(16)6-12/h3-6,10-11H,7-9H2,1-2H3,(H,17,20). The fraction of sp³-hybridized carbons (Fsp3) is 0.467. The van der Waals surface area contributed by atoms with E-state index in [2.05, 4.69) is 5.32 Å². The number of nitrogens with one attached hydrogen (secondary N) is 1. The molecule has 0 aliphatic carbocycles. The molecule has 21 heavy (non-hydrogen) atoms. The van der Waals surface area contributed by atoms with Crippen molar-refractivity contribution in [2.75, 3.05) is 19.7 Å². The van der Waals surface area contributed by atoms with Crippen molar-refractivity contribution in [1.82, 2.24) is 10.2 Å². The predicted molar refractivity (Wildman–Crippen MR) is 80.4 cm³/mol. The topological polar surface area (TPSA) is 58.6 Å². The Bertz CT molecular complexity index is 535. The van der Waals surface area contributed by atoms with E-state index in [9.17, 15) is 9.59 Å². The molecule has 0 radical (unpaired) electrons. The summed E-state index contributed by atoms with van der Waals surface area (Å²) in [7, 11) is 0. The lowest BCUT2D eigenvalue weighted by Crippen LogP contribution is -2.52. The number of hydrogen-bond acceptors (Lipinski definition) is 3. The molecule has 1 saturated heterocycles. The predicted octanol–water partition coefficient (Wildman–Crippen LogP) is 1.71. The second-order valence-corrected chi connectivity index (χ2v) is 5.67. The van der Waals surface area contributed by atoms with Gasteiger partial charge in [0.15, 0.2) is 0 Å². The van der Waals surface area contributed by atoms with E-state index in [1.807, 2.05) is 13.8 Å². The molecule has 1 aromatic rings. The van der Waals surface area contributed by atoms with Gasteiger partial charge in [-0.3, -0.25) is 9.59 Å². The molecule has 1 aromatic carbocycles. The van der Waals surface area contributed by atoms with E-state index < -0.39 is 0 Å². The molecular weight excluding hydrogens is 292 g/mol. The van der Waals surface area contributed by atoms with Crippen LogP contribution in [0.4, 0.5) is 0 Å². The molecule has 0 aromatic heterocycles. The summed E-state index contributed by atoms with van der Waals surface area (Å²) in [6, 6.07) is 6.65. The van der Waals surface area contributed by atoms with Crippen molar-refractivity contribution in [3.05, 3.63) is 34.9 Å². The Morgan fingerprint density at radius 1 is 1.43 bits per heavy atom. The zero-order chi connectivity index (χ0) is 15.4. The molecule has 2 amide bonds. The number of halogens is 1. The van der Waals surface area contributed by atoms with Gasteiger partial charge < -0.3 is 15.0 Å². The number of carbonyl (C=O) groups excluding carboxylic acids is 2. The van der Waals surface area contributed by atoms with Crippen molar-refractivity contribution in [2.24, 2.45) is 0 Å². The van der Waals surface area contributed by atoms with Gasteiger partial charge in [-0.05, 0) is 32.0 Å². The van der Waals surface area contributed by atoms with Crippen LogP contribution in [0.25, 0.3) is 0 Å². The first-order valence-corrected chi connectivity index (χ1v) is 7.30. The van der Waals surface area contributed by atoms with Crippen LogP contribution in [-0.2, 0) is 9.53 Å². The smallest absolute Gasteiger partial charge is 0.251 e. The van der Waals surface area contributed by atoms with Crippen molar-refractivity contribution in [3.63, 3.8) is 0 Å². The van der Waals surface area contributed by atoms with Gasteiger partial charge in [0.05, 0.1) is 25.3 Å². The zero-order valence-corrected chi connectivity index (χ0v) is 12.9. The van der Waals surface area contributed by atoms with Crippen LogP contribution in [0.1, 0.15) is 24.2 Å². The molecule has 0 spiro atoms. The molecule has 2 atom stereocenters. The largest absolute Gasteiger partial charge is 0.375 e. The summed E-state index contributed by atoms with van der Waals surface area (Å²) in [6.07, 6.45) is 0.0220. The lowest BCUT2D eigenvalue weighted by Gasteiger charge is -2.36. The summed E-state index contributed by atoms with van der Waals surface area (Å²) in [4.78, 5) is 25.9. The van der Waals surface area contributed by atoms with Crippen LogP contribution in [0.3, 0.4) is 0 Å². The SMILES string of the molecule is CC1CN(C(=O)CNC(=O)c2cccc(Cl)c2)C(C)CO1. The van der Waals surface area contributed by atoms with Crippen molar-refractivity contribution in [2.45, 2.75) is 26.0 Å². The number of amides is 2. The number of carbonyl (C=O) groups is 2. The highest BCUT2D eigenvalue weighted by molar-refractivity contribution is 6.30. The second-order valence-electron chi connectivity index (χ2n) is 5.23. The second kappa shape index (κ2) is 6.91. The summed E-state index contributed by atoms with van der Waals surface area (Å²) in [5, 5.41) is 3.12. The number of morpholine rings is 1. The van der Waals surface area contributed by atoms with E-state index in [-0.39, 0.29) is 30.5 Å². The molecule has 0 saturated carbocycles.